The Hall–Kier alpha value is -2.37. The van der Waals surface area contributed by atoms with Crippen LogP contribution in [0.5, 0.6) is 0 Å². The molecule has 0 amide bonds. The molecule has 6 heteroatoms. The van der Waals surface area contributed by atoms with E-state index in [1.807, 2.05) is 0 Å². The van der Waals surface area contributed by atoms with Gasteiger partial charge in [-0.1, -0.05) is 250 Å². The summed E-state index contributed by atoms with van der Waals surface area (Å²) in [6.07, 6.45) is 64.1. The molecule has 0 aliphatic heterocycles. The largest absolute Gasteiger partial charge is 0.462 e. The molecule has 0 rings (SSSR count). The molecule has 380 valence electrons. The van der Waals surface area contributed by atoms with E-state index < -0.39 is 6.10 Å². The highest BCUT2D eigenvalue weighted by atomic mass is 16.6. The zero-order valence-electron chi connectivity index (χ0n) is 43.5. The second kappa shape index (κ2) is 54.2. The summed E-state index contributed by atoms with van der Waals surface area (Å²) in [5.74, 6) is -0.879. The first-order valence-electron chi connectivity index (χ1n) is 28.5. The number of carbonyl (C=O) groups is 3. The predicted octanol–water partition coefficient (Wildman–Crippen LogP) is 18.9. The molecule has 65 heavy (non-hydrogen) atoms. The Balaban J connectivity index is 4.37. The summed E-state index contributed by atoms with van der Waals surface area (Å²) in [6.45, 7) is 6.63. The number of carbonyl (C=O) groups excluding carboxylic acids is 3. The van der Waals surface area contributed by atoms with Crippen LogP contribution >= 0.6 is 0 Å². The molecule has 0 aromatic heterocycles. The van der Waals surface area contributed by atoms with Crippen LogP contribution in [0.1, 0.15) is 303 Å². The summed E-state index contributed by atoms with van der Waals surface area (Å²) in [5, 5.41) is 0. The first-order chi connectivity index (χ1) is 32.0. The Kier molecular flexibility index (Phi) is 52.3. The van der Waals surface area contributed by atoms with Gasteiger partial charge in [0.25, 0.3) is 0 Å². The molecule has 1 unspecified atom stereocenters. The van der Waals surface area contributed by atoms with Crippen molar-refractivity contribution in [3.8, 4) is 0 Å². The topological polar surface area (TPSA) is 78.9 Å². The number of hydrogen-bond donors (Lipinski definition) is 0. The fourth-order valence-electron chi connectivity index (χ4n) is 8.31. The van der Waals surface area contributed by atoms with Crippen molar-refractivity contribution in [3.05, 3.63) is 36.5 Å². The van der Waals surface area contributed by atoms with Gasteiger partial charge >= 0.3 is 17.9 Å². The molecule has 1 atom stereocenters. The third-order valence-electron chi connectivity index (χ3n) is 12.6. The maximum Gasteiger partial charge on any atom is 0.306 e. The third kappa shape index (κ3) is 52.5. The first kappa shape index (κ1) is 62.6. The summed E-state index contributed by atoms with van der Waals surface area (Å²) in [7, 11) is 0. The maximum atomic E-state index is 12.8. The fraction of sp³-hybridized carbons (Fsp3) is 0.847. The number of unbranched alkanes of at least 4 members (excludes halogenated alkanes) is 36. The van der Waals surface area contributed by atoms with Crippen molar-refractivity contribution in [3.63, 3.8) is 0 Å². The van der Waals surface area contributed by atoms with Crippen molar-refractivity contribution in [1.29, 1.82) is 0 Å². The van der Waals surface area contributed by atoms with Crippen LogP contribution in [0.2, 0.25) is 0 Å². The van der Waals surface area contributed by atoms with Gasteiger partial charge in [-0.05, 0) is 70.6 Å². The molecular formula is C59H108O6. The molecular weight excluding hydrogens is 805 g/mol. The van der Waals surface area contributed by atoms with E-state index in [0.717, 1.165) is 70.6 Å². The Morgan fingerprint density at radius 2 is 0.554 bits per heavy atom. The summed E-state index contributed by atoms with van der Waals surface area (Å²) in [5.41, 5.74) is 0. The molecule has 0 aromatic rings. The van der Waals surface area contributed by atoms with Gasteiger partial charge in [0, 0.05) is 19.3 Å². The normalized spacial score (nSPS) is 12.2. The highest BCUT2D eigenvalue weighted by Crippen LogP contribution is 2.16. The summed E-state index contributed by atoms with van der Waals surface area (Å²) < 4.78 is 16.9. The van der Waals surface area contributed by atoms with Gasteiger partial charge in [-0.15, -0.1) is 0 Å². The lowest BCUT2D eigenvalue weighted by molar-refractivity contribution is -0.167. The minimum atomic E-state index is -0.777. The van der Waals surface area contributed by atoms with Crippen LogP contribution in [0.3, 0.4) is 0 Å². The van der Waals surface area contributed by atoms with Crippen LogP contribution in [0, 0.1) is 0 Å². The number of hydrogen-bond acceptors (Lipinski definition) is 6. The van der Waals surface area contributed by atoms with Crippen molar-refractivity contribution in [2.24, 2.45) is 0 Å². The van der Waals surface area contributed by atoms with Crippen molar-refractivity contribution < 1.29 is 28.6 Å². The van der Waals surface area contributed by atoms with Crippen molar-refractivity contribution in [1.82, 2.24) is 0 Å². The second-order valence-corrected chi connectivity index (χ2v) is 19.2. The Morgan fingerprint density at radius 3 is 0.892 bits per heavy atom. The van der Waals surface area contributed by atoms with Gasteiger partial charge in [-0.2, -0.15) is 0 Å². The lowest BCUT2D eigenvalue weighted by Gasteiger charge is -2.18. The Labute approximate surface area is 404 Å². The van der Waals surface area contributed by atoms with Gasteiger partial charge in [0.1, 0.15) is 13.2 Å². The van der Waals surface area contributed by atoms with Crippen molar-refractivity contribution in [2.75, 3.05) is 13.2 Å². The molecule has 0 aliphatic rings. The summed E-state index contributed by atoms with van der Waals surface area (Å²) in [4.78, 5) is 38.1. The van der Waals surface area contributed by atoms with E-state index in [0.29, 0.717) is 19.3 Å². The van der Waals surface area contributed by atoms with E-state index >= 15 is 0 Å². The van der Waals surface area contributed by atoms with Crippen LogP contribution in [0.4, 0.5) is 0 Å². The zero-order valence-corrected chi connectivity index (χ0v) is 43.5. The molecule has 0 bridgehead atoms. The smallest absolute Gasteiger partial charge is 0.306 e. The molecule has 0 N–H and O–H groups in total. The number of esters is 3. The number of allylic oxidation sites excluding steroid dienone is 6. The highest BCUT2D eigenvalue weighted by molar-refractivity contribution is 5.71. The van der Waals surface area contributed by atoms with Gasteiger partial charge in [0.05, 0.1) is 0 Å². The number of rotatable bonds is 52. The van der Waals surface area contributed by atoms with Crippen LogP contribution in [-0.2, 0) is 28.6 Å². The highest BCUT2D eigenvalue weighted by Gasteiger charge is 2.19. The minimum absolute atomic E-state index is 0.0769. The van der Waals surface area contributed by atoms with Crippen LogP contribution < -0.4 is 0 Å². The number of ether oxygens (including phenoxy) is 3. The lowest BCUT2D eigenvalue weighted by Crippen LogP contribution is -2.30. The van der Waals surface area contributed by atoms with Crippen molar-refractivity contribution >= 4 is 17.9 Å². The Bertz CT molecular complexity index is 1090. The maximum absolute atomic E-state index is 12.8. The molecule has 0 radical (unpaired) electrons. The van der Waals surface area contributed by atoms with E-state index in [1.54, 1.807) is 0 Å². The zero-order chi connectivity index (χ0) is 47.2. The molecule has 0 heterocycles. The SMILES string of the molecule is CCCCC/C=C\C=C/CCCCCCCCC(=O)OCC(COC(=O)CCCCCCC/C=C\CCCCCCCCC)OC(=O)CCCCCCCCCCCCCCCCCC. The lowest BCUT2D eigenvalue weighted by atomic mass is 10.0. The average molecular weight is 914 g/mol. The summed E-state index contributed by atoms with van der Waals surface area (Å²) >= 11 is 0. The Morgan fingerprint density at radius 1 is 0.308 bits per heavy atom. The minimum Gasteiger partial charge on any atom is -0.462 e. The molecule has 0 spiro atoms. The van der Waals surface area contributed by atoms with E-state index in [9.17, 15) is 14.4 Å². The van der Waals surface area contributed by atoms with E-state index in [-0.39, 0.29) is 31.1 Å². The first-order valence-corrected chi connectivity index (χ1v) is 28.5. The summed E-state index contributed by atoms with van der Waals surface area (Å²) in [6, 6.07) is 0. The quantitative estimate of drug-likeness (QED) is 0.0199. The average Bonchev–Trinajstić information content (AvgIpc) is 3.30. The predicted molar refractivity (Wildman–Crippen MR) is 279 cm³/mol. The fourth-order valence-corrected chi connectivity index (χ4v) is 8.31. The van der Waals surface area contributed by atoms with E-state index in [2.05, 4.69) is 57.2 Å². The molecule has 0 fully saturated rings. The third-order valence-corrected chi connectivity index (χ3v) is 12.6. The van der Waals surface area contributed by atoms with Crippen LogP contribution in [0.15, 0.2) is 36.5 Å². The monoisotopic (exact) mass is 913 g/mol. The standard InChI is InChI=1S/C59H108O6/c1-4-7-10-13-16-19-22-25-28-31-34-37-40-43-46-49-52-58(61)64-55-56(54-63-57(60)51-48-45-42-39-36-33-30-27-24-21-18-15-12-9-6-3)65-59(62)53-50-47-44-41-38-35-32-29-26-23-20-17-14-11-8-5-2/h18,21,24,27-28,31,56H,4-17,19-20,22-23,25-26,29-30,32-55H2,1-3H3/b21-18-,27-24-,31-28-. The van der Waals surface area contributed by atoms with Gasteiger partial charge in [-0.25, -0.2) is 0 Å². The van der Waals surface area contributed by atoms with Crippen LogP contribution in [-0.4, -0.2) is 37.2 Å². The second-order valence-electron chi connectivity index (χ2n) is 19.2. The van der Waals surface area contributed by atoms with E-state index in [1.165, 1.54) is 193 Å². The molecule has 0 saturated heterocycles. The molecule has 0 saturated carbocycles. The van der Waals surface area contributed by atoms with Crippen LogP contribution in [0.25, 0.3) is 0 Å². The molecule has 0 aliphatic carbocycles. The van der Waals surface area contributed by atoms with Crippen molar-refractivity contribution in [2.45, 2.75) is 309 Å². The van der Waals surface area contributed by atoms with Gasteiger partial charge in [0.2, 0.25) is 0 Å². The van der Waals surface area contributed by atoms with Gasteiger partial charge in [-0.3, -0.25) is 14.4 Å². The van der Waals surface area contributed by atoms with Gasteiger partial charge < -0.3 is 14.2 Å². The van der Waals surface area contributed by atoms with Gasteiger partial charge in [0.15, 0.2) is 6.10 Å². The molecule has 0 aromatic carbocycles. The molecule has 6 nitrogen and oxygen atoms in total. The van der Waals surface area contributed by atoms with E-state index in [4.69, 9.17) is 14.2 Å².